The Balaban J connectivity index is 1.88. The molecule has 0 spiro atoms. The van der Waals surface area contributed by atoms with Crippen molar-refractivity contribution in [2.75, 3.05) is 0 Å². The van der Waals surface area contributed by atoms with Gasteiger partial charge in [-0.3, -0.25) is 0 Å². The van der Waals surface area contributed by atoms with Crippen molar-refractivity contribution in [2.24, 2.45) is 0 Å². The van der Waals surface area contributed by atoms with Crippen LogP contribution in [0, 0.1) is 0 Å². The molecule has 21 heavy (non-hydrogen) atoms. The van der Waals surface area contributed by atoms with E-state index in [4.69, 9.17) is 9.47 Å². The SMILES string of the molecule is O=c1[nH]nnn1C1=COC=C(C2=CC=CC(F)(F)C2F)O1. The van der Waals surface area contributed by atoms with Crippen LogP contribution in [0.3, 0.4) is 0 Å². The zero-order chi connectivity index (χ0) is 15.0. The first kappa shape index (κ1) is 13.2. The molecule has 0 aromatic carbocycles. The van der Waals surface area contributed by atoms with E-state index in [9.17, 15) is 18.0 Å². The lowest BCUT2D eigenvalue weighted by molar-refractivity contribution is -0.0140. The molecule has 1 aliphatic carbocycles. The topological polar surface area (TPSA) is 82.0 Å². The molecule has 2 aliphatic rings. The van der Waals surface area contributed by atoms with E-state index < -0.39 is 23.4 Å². The minimum absolute atomic E-state index is 0.239. The molecule has 1 unspecified atom stereocenters. The quantitative estimate of drug-likeness (QED) is 0.884. The summed E-state index contributed by atoms with van der Waals surface area (Å²) in [6.45, 7) is 0. The maximum Gasteiger partial charge on any atom is 0.368 e. The van der Waals surface area contributed by atoms with Crippen molar-refractivity contribution in [2.45, 2.75) is 12.1 Å². The van der Waals surface area contributed by atoms with E-state index in [0.717, 1.165) is 24.7 Å². The van der Waals surface area contributed by atoms with Gasteiger partial charge in [-0.1, -0.05) is 12.2 Å². The normalized spacial score (nSPS) is 23.6. The molecule has 1 atom stereocenters. The fourth-order valence-electron chi connectivity index (χ4n) is 1.74. The van der Waals surface area contributed by atoms with E-state index in [-0.39, 0.29) is 11.6 Å². The molecule has 7 nitrogen and oxygen atoms in total. The Kier molecular flexibility index (Phi) is 2.92. The maximum atomic E-state index is 13.8. The number of nitrogens with one attached hydrogen (secondary N) is 1. The van der Waals surface area contributed by atoms with Crippen molar-refractivity contribution < 1.29 is 22.6 Å². The molecule has 0 saturated heterocycles. The van der Waals surface area contributed by atoms with Crippen molar-refractivity contribution in [3.8, 4) is 0 Å². The average molecular weight is 300 g/mol. The molecule has 1 N–H and O–H groups in total. The fourth-order valence-corrected chi connectivity index (χ4v) is 1.74. The number of rotatable bonds is 2. The third-order valence-electron chi connectivity index (χ3n) is 2.73. The van der Waals surface area contributed by atoms with Gasteiger partial charge in [0.15, 0.2) is 18.2 Å². The van der Waals surface area contributed by atoms with Gasteiger partial charge in [0.05, 0.1) is 0 Å². The van der Waals surface area contributed by atoms with Crippen molar-refractivity contribution in [1.82, 2.24) is 20.2 Å². The molecular weight excluding hydrogens is 293 g/mol. The van der Waals surface area contributed by atoms with Crippen molar-refractivity contribution >= 4 is 5.88 Å². The Labute approximate surface area is 114 Å². The van der Waals surface area contributed by atoms with Crippen LogP contribution < -0.4 is 5.69 Å². The minimum Gasteiger partial charge on any atom is -0.463 e. The van der Waals surface area contributed by atoms with Gasteiger partial charge in [0.25, 0.3) is 5.88 Å². The van der Waals surface area contributed by atoms with Crippen LogP contribution in [0.25, 0.3) is 5.88 Å². The van der Waals surface area contributed by atoms with Gasteiger partial charge in [0.2, 0.25) is 0 Å². The first-order chi connectivity index (χ1) is 9.99. The number of ether oxygens (including phenoxy) is 2. The van der Waals surface area contributed by atoms with Gasteiger partial charge in [-0.25, -0.2) is 14.3 Å². The fraction of sp³-hybridized carbons (Fsp3) is 0.182. The van der Waals surface area contributed by atoms with E-state index in [1.165, 1.54) is 0 Å². The number of alkyl halides is 3. The van der Waals surface area contributed by atoms with Gasteiger partial charge in [0.1, 0.15) is 6.26 Å². The lowest BCUT2D eigenvalue weighted by atomic mass is 9.98. The molecule has 3 rings (SSSR count). The summed E-state index contributed by atoms with van der Waals surface area (Å²) >= 11 is 0. The van der Waals surface area contributed by atoms with Crippen LogP contribution in [0.2, 0.25) is 0 Å². The summed E-state index contributed by atoms with van der Waals surface area (Å²) < 4.78 is 51.2. The minimum atomic E-state index is -3.65. The second-order valence-corrected chi connectivity index (χ2v) is 4.11. The number of tetrazole rings is 1. The van der Waals surface area contributed by atoms with Crippen LogP contribution in [0.5, 0.6) is 0 Å². The highest BCUT2D eigenvalue weighted by Crippen LogP contribution is 2.36. The van der Waals surface area contributed by atoms with Crippen LogP contribution in [-0.2, 0) is 9.47 Å². The summed E-state index contributed by atoms with van der Waals surface area (Å²) in [6, 6.07) is 0. The molecule has 1 aromatic rings. The lowest BCUT2D eigenvalue weighted by Crippen LogP contribution is -2.32. The number of H-pyrrole nitrogens is 1. The van der Waals surface area contributed by atoms with E-state index >= 15 is 0 Å². The van der Waals surface area contributed by atoms with Crippen LogP contribution in [-0.4, -0.2) is 32.3 Å². The van der Waals surface area contributed by atoms with Gasteiger partial charge in [-0.05, 0) is 16.5 Å². The first-order valence-corrected chi connectivity index (χ1v) is 5.65. The zero-order valence-electron chi connectivity index (χ0n) is 10.2. The molecule has 0 saturated carbocycles. The number of halogens is 3. The second-order valence-electron chi connectivity index (χ2n) is 4.11. The Hall–Kier alpha value is -2.78. The Bertz CT molecular complexity index is 744. The highest BCUT2D eigenvalue weighted by atomic mass is 19.3. The van der Waals surface area contributed by atoms with Crippen LogP contribution >= 0.6 is 0 Å². The second kappa shape index (κ2) is 4.65. The van der Waals surface area contributed by atoms with Crippen molar-refractivity contribution in [3.63, 3.8) is 0 Å². The van der Waals surface area contributed by atoms with E-state index in [2.05, 4.69) is 10.4 Å². The number of hydrogen-bond donors (Lipinski definition) is 1. The zero-order valence-corrected chi connectivity index (χ0v) is 10.2. The smallest absolute Gasteiger partial charge is 0.368 e. The maximum absolute atomic E-state index is 13.8. The third-order valence-corrected chi connectivity index (χ3v) is 2.73. The standard InChI is InChI=1S/C11H7F3N4O3/c12-9-6(2-1-3-11(9,13)14)7-4-20-5-8(21-7)18-10(19)15-16-17-18/h1-5,9H,(H,15,17,19). The number of aromatic amines is 1. The summed E-state index contributed by atoms with van der Waals surface area (Å²) in [5.41, 5.74) is -1.14. The van der Waals surface area contributed by atoms with Gasteiger partial charge in [-0.15, -0.1) is 4.68 Å². The van der Waals surface area contributed by atoms with Crippen LogP contribution in [0.4, 0.5) is 13.2 Å². The molecule has 0 amide bonds. The van der Waals surface area contributed by atoms with Gasteiger partial charge < -0.3 is 9.47 Å². The summed E-state index contributed by atoms with van der Waals surface area (Å²) in [7, 11) is 0. The monoisotopic (exact) mass is 300 g/mol. The van der Waals surface area contributed by atoms with E-state index in [1.54, 1.807) is 0 Å². The Morgan fingerprint density at radius 2 is 2.19 bits per heavy atom. The van der Waals surface area contributed by atoms with E-state index in [1.807, 2.05) is 5.10 Å². The summed E-state index contributed by atoms with van der Waals surface area (Å²) in [5, 5.41) is 8.63. The molecule has 1 aliphatic heterocycles. The summed E-state index contributed by atoms with van der Waals surface area (Å²) in [5.74, 6) is -4.18. The Morgan fingerprint density at radius 1 is 1.38 bits per heavy atom. The van der Waals surface area contributed by atoms with Crippen LogP contribution in [0.15, 0.2) is 46.9 Å². The van der Waals surface area contributed by atoms with Gasteiger partial charge >= 0.3 is 11.6 Å². The molecule has 0 fully saturated rings. The highest BCUT2D eigenvalue weighted by Gasteiger charge is 2.43. The molecule has 0 radical (unpaired) electrons. The third kappa shape index (κ3) is 2.24. The number of nitrogens with zero attached hydrogens (tertiary/aromatic N) is 3. The highest BCUT2D eigenvalue weighted by molar-refractivity contribution is 5.45. The van der Waals surface area contributed by atoms with Crippen molar-refractivity contribution in [1.29, 1.82) is 0 Å². The summed E-state index contributed by atoms with van der Waals surface area (Å²) in [4.78, 5) is 11.3. The van der Waals surface area contributed by atoms with Gasteiger partial charge in [0, 0.05) is 5.57 Å². The van der Waals surface area contributed by atoms with Crippen LogP contribution in [0.1, 0.15) is 0 Å². The Morgan fingerprint density at radius 3 is 2.90 bits per heavy atom. The largest absolute Gasteiger partial charge is 0.463 e. The molecule has 1 aromatic heterocycles. The number of allylic oxidation sites excluding steroid dienone is 4. The summed E-state index contributed by atoms with van der Waals surface area (Å²) in [6.07, 6.45) is 1.94. The van der Waals surface area contributed by atoms with Gasteiger partial charge in [-0.2, -0.15) is 8.78 Å². The number of hydrogen-bond acceptors (Lipinski definition) is 5. The molecular formula is C11H7F3N4O3. The molecule has 2 heterocycles. The van der Waals surface area contributed by atoms with E-state index in [0.29, 0.717) is 10.8 Å². The molecule has 0 bridgehead atoms. The van der Waals surface area contributed by atoms with Crippen molar-refractivity contribution in [3.05, 3.63) is 52.6 Å². The predicted octanol–water partition coefficient (Wildman–Crippen LogP) is 1.08. The number of aromatic nitrogens is 4. The predicted molar refractivity (Wildman–Crippen MR) is 62.2 cm³/mol. The lowest BCUT2D eigenvalue weighted by Gasteiger charge is -2.25. The molecule has 10 heteroatoms. The molecule has 110 valence electrons. The first-order valence-electron chi connectivity index (χ1n) is 5.65. The average Bonchev–Trinajstić information content (AvgIpc) is 2.88.